The highest BCUT2D eigenvalue weighted by Crippen LogP contribution is 2.13. The van der Waals surface area contributed by atoms with Crippen LogP contribution in [0.25, 0.3) is 0 Å². The summed E-state index contributed by atoms with van der Waals surface area (Å²) in [6.07, 6.45) is 8.42. The molecule has 1 aromatic carbocycles. The van der Waals surface area contributed by atoms with Gasteiger partial charge in [-0.3, -0.25) is 9.00 Å². The van der Waals surface area contributed by atoms with Gasteiger partial charge in [-0.25, -0.2) is 0 Å². The van der Waals surface area contributed by atoms with E-state index in [1.807, 2.05) is 43.3 Å². The summed E-state index contributed by atoms with van der Waals surface area (Å²) in [6.45, 7) is 1.88. The molecule has 0 saturated heterocycles. The molecule has 3 nitrogen and oxygen atoms in total. The molecule has 1 amide bonds. The average Bonchev–Trinajstić information content (AvgIpc) is 2.39. The van der Waals surface area contributed by atoms with Gasteiger partial charge in [0.15, 0.2) is 0 Å². The molecule has 0 heterocycles. The monoisotopic (exact) mass is 277 g/mol. The van der Waals surface area contributed by atoms with Crippen LogP contribution in [0, 0.1) is 0 Å². The zero-order valence-electron chi connectivity index (χ0n) is 11.2. The largest absolute Gasteiger partial charge is 0.345 e. The molecule has 0 aliphatic rings. The van der Waals surface area contributed by atoms with Crippen molar-refractivity contribution < 1.29 is 9.00 Å². The van der Waals surface area contributed by atoms with Gasteiger partial charge in [-0.05, 0) is 12.5 Å². The van der Waals surface area contributed by atoms with Crippen LogP contribution in [0.15, 0.2) is 54.6 Å². The molecule has 1 N–H and O–H groups in total. The highest BCUT2D eigenvalue weighted by Gasteiger charge is 2.14. The van der Waals surface area contributed by atoms with Crippen LogP contribution < -0.4 is 5.32 Å². The fraction of sp³-hybridized carbons (Fsp3) is 0.267. The normalized spacial score (nSPS) is 14.6. The van der Waals surface area contributed by atoms with E-state index in [1.54, 1.807) is 18.4 Å². The molecule has 1 rings (SSSR count). The van der Waals surface area contributed by atoms with Crippen molar-refractivity contribution in [3.05, 3.63) is 60.2 Å². The minimum absolute atomic E-state index is 0.183. The highest BCUT2D eigenvalue weighted by molar-refractivity contribution is 7.84. The van der Waals surface area contributed by atoms with Gasteiger partial charge in [-0.2, -0.15) is 0 Å². The van der Waals surface area contributed by atoms with Gasteiger partial charge in [0.05, 0.1) is 6.04 Å². The Morgan fingerprint density at radius 3 is 2.58 bits per heavy atom. The maximum Gasteiger partial charge on any atom is 0.244 e. The fourth-order valence-corrected chi connectivity index (χ4v) is 2.36. The van der Waals surface area contributed by atoms with Crippen LogP contribution in [0.3, 0.4) is 0 Å². The number of hydrogen-bond acceptors (Lipinski definition) is 2. The molecule has 0 saturated carbocycles. The van der Waals surface area contributed by atoms with E-state index in [-0.39, 0.29) is 11.9 Å². The second-order valence-electron chi connectivity index (χ2n) is 4.10. The second kappa shape index (κ2) is 8.43. The van der Waals surface area contributed by atoms with Crippen molar-refractivity contribution in [1.29, 1.82) is 0 Å². The minimum atomic E-state index is -0.973. The first-order valence-corrected chi connectivity index (χ1v) is 7.81. The lowest BCUT2D eigenvalue weighted by Gasteiger charge is -2.17. The topological polar surface area (TPSA) is 46.2 Å². The van der Waals surface area contributed by atoms with Gasteiger partial charge < -0.3 is 5.32 Å². The first-order valence-electron chi connectivity index (χ1n) is 6.08. The van der Waals surface area contributed by atoms with Crippen LogP contribution in [0.5, 0.6) is 0 Å². The number of nitrogens with one attached hydrogen (secondary N) is 1. The van der Waals surface area contributed by atoms with Gasteiger partial charge in [0.1, 0.15) is 0 Å². The third kappa shape index (κ3) is 6.15. The molecule has 0 radical (unpaired) electrons. The van der Waals surface area contributed by atoms with Gasteiger partial charge in [0, 0.05) is 28.9 Å². The minimum Gasteiger partial charge on any atom is -0.345 e. The van der Waals surface area contributed by atoms with Gasteiger partial charge in [-0.15, -0.1) is 0 Å². The van der Waals surface area contributed by atoms with E-state index in [0.29, 0.717) is 5.75 Å². The zero-order valence-corrected chi connectivity index (χ0v) is 12.0. The molecule has 0 spiro atoms. The lowest BCUT2D eigenvalue weighted by Crippen LogP contribution is -2.30. The second-order valence-corrected chi connectivity index (χ2v) is 5.58. The Hall–Kier alpha value is -1.68. The maximum absolute atomic E-state index is 11.8. The van der Waals surface area contributed by atoms with E-state index in [1.165, 1.54) is 6.08 Å². The Kier molecular flexibility index (Phi) is 6.82. The number of carbonyl (C=O) groups is 1. The summed E-state index contributed by atoms with van der Waals surface area (Å²) < 4.78 is 11.4. The van der Waals surface area contributed by atoms with Crippen molar-refractivity contribution in [3.8, 4) is 0 Å². The summed E-state index contributed by atoms with van der Waals surface area (Å²) in [5.74, 6) is 0.227. The lowest BCUT2D eigenvalue weighted by atomic mass is 10.1. The summed E-state index contributed by atoms with van der Waals surface area (Å²) in [6, 6.07) is 9.35. The predicted octanol–water partition coefficient (Wildman–Crippen LogP) is 2.35. The Morgan fingerprint density at radius 2 is 2.00 bits per heavy atom. The Labute approximate surface area is 116 Å². The van der Waals surface area contributed by atoms with Crippen LogP contribution in [0.2, 0.25) is 0 Å². The highest BCUT2D eigenvalue weighted by atomic mass is 32.2. The quantitative estimate of drug-likeness (QED) is 0.641. The molecule has 1 aromatic rings. The Bertz CT molecular complexity index is 480. The third-order valence-electron chi connectivity index (χ3n) is 2.47. The summed E-state index contributed by atoms with van der Waals surface area (Å²) in [7, 11) is -0.973. The van der Waals surface area contributed by atoms with Crippen molar-refractivity contribution in [2.75, 3.05) is 12.0 Å². The molecule has 0 aromatic heterocycles. The lowest BCUT2D eigenvalue weighted by molar-refractivity contribution is -0.117. The zero-order chi connectivity index (χ0) is 14.1. The van der Waals surface area contributed by atoms with Gasteiger partial charge in [-0.1, -0.05) is 48.6 Å². The molecular weight excluding hydrogens is 258 g/mol. The van der Waals surface area contributed by atoms with Crippen molar-refractivity contribution in [1.82, 2.24) is 5.32 Å². The number of carbonyl (C=O) groups excluding carboxylic acids is 1. The van der Waals surface area contributed by atoms with E-state index in [4.69, 9.17) is 0 Å². The molecule has 2 unspecified atom stereocenters. The van der Waals surface area contributed by atoms with Crippen molar-refractivity contribution in [2.24, 2.45) is 0 Å². The molecule has 0 aliphatic heterocycles. The maximum atomic E-state index is 11.8. The number of amides is 1. The van der Waals surface area contributed by atoms with E-state index in [0.717, 1.165) is 5.56 Å². The molecule has 0 aliphatic carbocycles. The summed E-state index contributed by atoms with van der Waals surface area (Å²) in [5, 5.41) is 2.87. The van der Waals surface area contributed by atoms with Crippen molar-refractivity contribution in [3.63, 3.8) is 0 Å². The van der Waals surface area contributed by atoms with Crippen LogP contribution in [-0.2, 0) is 15.6 Å². The number of benzene rings is 1. The van der Waals surface area contributed by atoms with Crippen LogP contribution in [0.4, 0.5) is 0 Å². The van der Waals surface area contributed by atoms with E-state index < -0.39 is 10.8 Å². The van der Waals surface area contributed by atoms with Gasteiger partial charge in [0.2, 0.25) is 5.91 Å². The molecule has 0 fully saturated rings. The summed E-state index contributed by atoms with van der Waals surface area (Å²) in [5.41, 5.74) is 0.963. The number of hydrogen-bond donors (Lipinski definition) is 1. The van der Waals surface area contributed by atoms with Crippen molar-refractivity contribution in [2.45, 2.75) is 13.0 Å². The molecular formula is C15H19NO2S. The Morgan fingerprint density at radius 1 is 1.32 bits per heavy atom. The fourth-order valence-electron chi connectivity index (χ4n) is 1.62. The number of rotatable bonds is 6. The molecule has 0 bridgehead atoms. The van der Waals surface area contributed by atoms with Crippen LogP contribution >= 0.6 is 0 Å². The molecule has 19 heavy (non-hydrogen) atoms. The average molecular weight is 277 g/mol. The first-order chi connectivity index (χ1) is 9.13. The van der Waals surface area contributed by atoms with Gasteiger partial charge in [0.25, 0.3) is 0 Å². The smallest absolute Gasteiger partial charge is 0.244 e. The third-order valence-corrected chi connectivity index (χ3v) is 3.27. The standard InChI is InChI=1S/C15H19NO2S/c1-3-4-6-11-15(17)16-14(12-19(2)18)13-9-7-5-8-10-13/h3-11,14H,12H2,1-2H3,(H,16,17). The summed E-state index contributed by atoms with van der Waals surface area (Å²) in [4.78, 5) is 11.8. The predicted molar refractivity (Wildman–Crippen MR) is 80.2 cm³/mol. The van der Waals surface area contributed by atoms with E-state index >= 15 is 0 Å². The first kappa shape index (κ1) is 15.4. The molecule has 4 heteroatoms. The molecule has 2 atom stereocenters. The van der Waals surface area contributed by atoms with Crippen molar-refractivity contribution >= 4 is 16.7 Å². The molecule has 102 valence electrons. The number of allylic oxidation sites excluding steroid dienone is 3. The van der Waals surface area contributed by atoms with Gasteiger partial charge >= 0.3 is 0 Å². The van der Waals surface area contributed by atoms with E-state index in [2.05, 4.69) is 5.32 Å². The van der Waals surface area contributed by atoms with E-state index in [9.17, 15) is 9.00 Å². The SMILES string of the molecule is CC=CC=CC(=O)NC(CS(C)=O)c1ccccc1. The summed E-state index contributed by atoms with van der Waals surface area (Å²) >= 11 is 0. The van der Waals surface area contributed by atoms with Crippen LogP contribution in [0.1, 0.15) is 18.5 Å². The Balaban J connectivity index is 2.76. The van der Waals surface area contributed by atoms with Crippen LogP contribution in [-0.4, -0.2) is 22.1 Å².